The molecule has 25 heavy (non-hydrogen) atoms. The first-order valence-corrected chi connectivity index (χ1v) is 8.15. The molecule has 0 aliphatic heterocycles. The molecule has 0 saturated heterocycles. The molecule has 0 heterocycles. The summed E-state index contributed by atoms with van der Waals surface area (Å²) in [5.74, 6) is 6.98. The van der Waals surface area contributed by atoms with Crippen LogP contribution in [0.4, 0.5) is 5.69 Å². The van der Waals surface area contributed by atoms with Crippen molar-refractivity contribution in [1.82, 2.24) is 0 Å². The summed E-state index contributed by atoms with van der Waals surface area (Å²) in [4.78, 5) is 0. The first kappa shape index (κ1) is 18.8. The van der Waals surface area contributed by atoms with Gasteiger partial charge >= 0.3 is 0 Å². The molecular formula is C20H23NO4. The molecule has 3 N–H and O–H groups in total. The molecule has 0 amide bonds. The highest BCUT2D eigenvalue weighted by molar-refractivity contribution is 5.48. The van der Waals surface area contributed by atoms with E-state index in [1.807, 2.05) is 48.5 Å². The molecule has 2 aromatic rings. The zero-order chi connectivity index (χ0) is 17.7. The smallest absolute Gasteiger partial charge is 0.119 e. The van der Waals surface area contributed by atoms with Crippen molar-refractivity contribution in [3.05, 3.63) is 59.7 Å². The van der Waals surface area contributed by atoms with Crippen LogP contribution < -0.4 is 10.5 Å². The van der Waals surface area contributed by atoms with Gasteiger partial charge in [0.25, 0.3) is 0 Å². The van der Waals surface area contributed by atoms with E-state index in [9.17, 15) is 0 Å². The Morgan fingerprint density at radius 2 is 1.24 bits per heavy atom. The number of ether oxygens (including phenoxy) is 3. The predicted octanol–water partition coefficient (Wildman–Crippen LogP) is 2.07. The number of aliphatic hydroxyl groups is 1. The van der Waals surface area contributed by atoms with Crippen LogP contribution >= 0.6 is 0 Å². The van der Waals surface area contributed by atoms with E-state index in [1.165, 1.54) is 0 Å². The Balaban J connectivity index is 1.69. The SMILES string of the molecule is Nc1ccc(C#Cc2ccc(OCCOCCOCCO)cc2)cc1. The molecule has 5 heteroatoms. The predicted molar refractivity (Wildman–Crippen MR) is 97.5 cm³/mol. The molecule has 0 radical (unpaired) electrons. The summed E-state index contributed by atoms with van der Waals surface area (Å²) in [5.41, 5.74) is 8.22. The average Bonchev–Trinajstić information content (AvgIpc) is 2.64. The first-order valence-electron chi connectivity index (χ1n) is 8.15. The molecule has 0 saturated carbocycles. The topological polar surface area (TPSA) is 73.9 Å². The summed E-state index contributed by atoms with van der Waals surface area (Å²) in [5, 5.41) is 8.56. The lowest BCUT2D eigenvalue weighted by molar-refractivity contribution is 0.0247. The number of benzene rings is 2. The van der Waals surface area contributed by atoms with Crippen LogP contribution in [-0.4, -0.2) is 44.7 Å². The summed E-state index contributed by atoms with van der Waals surface area (Å²) in [6, 6.07) is 15.1. The van der Waals surface area contributed by atoms with Crippen LogP contribution in [0.2, 0.25) is 0 Å². The number of rotatable bonds is 9. The third kappa shape index (κ3) is 7.73. The normalized spacial score (nSPS) is 10.1. The zero-order valence-electron chi connectivity index (χ0n) is 14.1. The van der Waals surface area contributed by atoms with E-state index in [1.54, 1.807) is 0 Å². The van der Waals surface area contributed by atoms with Gasteiger partial charge in [0.1, 0.15) is 12.4 Å². The second-order valence-corrected chi connectivity index (χ2v) is 5.19. The standard InChI is InChI=1S/C20H23NO4/c21-19-7-3-17(4-8-19)1-2-18-5-9-20(10-6-18)25-16-15-24-14-13-23-12-11-22/h3-10,22H,11-16,21H2. The highest BCUT2D eigenvalue weighted by Crippen LogP contribution is 2.12. The van der Waals surface area contributed by atoms with E-state index in [4.69, 9.17) is 25.1 Å². The molecule has 5 nitrogen and oxygen atoms in total. The van der Waals surface area contributed by atoms with Gasteiger partial charge in [-0.1, -0.05) is 11.8 Å². The molecule has 2 rings (SSSR count). The fraction of sp³-hybridized carbons (Fsp3) is 0.300. The quantitative estimate of drug-likeness (QED) is 0.415. The van der Waals surface area contributed by atoms with Crippen LogP contribution in [0.1, 0.15) is 11.1 Å². The third-order valence-electron chi connectivity index (χ3n) is 3.22. The minimum Gasteiger partial charge on any atom is -0.491 e. The van der Waals surface area contributed by atoms with Gasteiger partial charge < -0.3 is 25.1 Å². The number of hydrogen-bond donors (Lipinski definition) is 2. The molecule has 0 unspecified atom stereocenters. The second kappa shape index (κ2) is 11.1. The number of nitrogen functional groups attached to an aromatic ring is 1. The second-order valence-electron chi connectivity index (χ2n) is 5.19. The largest absolute Gasteiger partial charge is 0.491 e. The Bertz CT molecular complexity index is 672. The van der Waals surface area contributed by atoms with Gasteiger partial charge in [-0.25, -0.2) is 0 Å². The lowest BCUT2D eigenvalue weighted by Crippen LogP contribution is -2.11. The maximum atomic E-state index is 8.56. The van der Waals surface area contributed by atoms with E-state index >= 15 is 0 Å². The van der Waals surface area contributed by atoms with Gasteiger partial charge in [0.2, 0.25) is 0 Å². The Morgan fingerprint density at radius 1 is 0.720 bits per heavy atom. The van der Waals surface area contributed by atoms with Crippen LogP contribution in [0.5, 0.6) is 5.75 Å². The van der Waals surface area contributed by atoms with E-state index in [0.29, 0.717) is 33.0 Å². The van der Waals surface area contributed by atoms with Crippen molar-refractivity contribution in [3.8, 4) is 17.6 Å². The van der Waals surface area contributed by atoms with Gasteiger partial charge in [-0.2, -0.15) is 0 Å². The van der Waals surface area contributed by atoms with Crippen molar-refractivity contribution in [2.24, 2.45) is 0 Å². The van der Waals surface area contributed by atoms with Crippen molar-refractivity contribution in [3.63, 3.8) is 0 Å². The van der Waals surface area contributed by atoms with Crippen molar-refractivity contribution >= 4 is 5.69 Å². The molecule has 0 fully saturated rings. The Kier molecular flexibility index (Phi) is 8.36. The number of hydrogen-bond acceptors (Lipinski definition) is 5. The fourth-order valence-corrected chi connectivity index (χ4v) is 1.95. The van der Waals surface area contributed by atoms with Crippen LogP contribution in [0, 0.1) is 11.8 Å². The summed E-state index contributed by atoms with van der Waals surface area (Å²) < 4.78 is 16.0. The lowest BCUT2D eigenvalue weighted by Gasteiger charge is -2.07. The maximum Gasteiger partial charge on any atom is 0.119 e. The minimum atomic E-state index is 0.0312. The van der Waals surface area contributed by atoms with Gasteiger partial charge in [-0.15, -0.1) is 0 Å². The van der Waals surface area contributed by atoms with Crippen LogP contribution in [0.15, 0.2) is 48.5 Å². The van der Waals surface area contributed by atoms with E-state index in [0.717, 1.165) is 22.6 Å². The van der Waals surface area contributed by atoms with Gasteiger partial charge in [0.05, 0.1) is 33.0 Å². The fourth-order valence-electron chi connectivity index (χ4n) is 1.95. The Hall–Kier alpha value is -2.52. The molecule has 0 bridgehead atoms. The molecule has 0 atom stereocenters. The van der Waals surface area contributed by atoms with E-state index in [2.05, 4.69) is 11.8 Å². The van der Waals surface area contributed by atoms with Crippen molar-refractivity contribution in [2.45, 2.75) is 0 Å². The summed E-state index contributed by atoms with van der Waals surface area (Å²) in [6.07, 6.45) is 0. The third-order valence-corrected chi connectivity index (χ3v) is 3.22. The Morgan fingerprint density at radius 3 is 1.84 bits per heavy atom. The zero-order valence-corrected chi connectivity index (χ0v) is 14.1. The number of nitrogens with two attached hydrogens (primary N) is 1. The van der Waals surface area contributed by atoms with Crippen LogP contribution in [0.25, 0.3) is 0 Å². The molecule has 0 aromatic heterocycles. The van der Waals surface area contributed by atoms with Gasteiger partial charge in [0.15, 0.2) is 0 Å². The number of aliphatic hydroxyl groups excluding tert-OH is 1. The van der Waals surface area contributed by atoms with Crippen molar-refractivity contribution in [1.29, 1.82) is 0 Å². The van der Waals surface area contributed by atoms with Crippen LogP contribution in [-0.2, 0) is 9.47 Å². The lowest BCUT2D eigenvalue weighted by atomic mass is 10.1. The Labute approximate surface area is 148 Å². The number of anilines is 1. The molecular weight excluding hydrogens is 318 g/mol. The summed E-state index contributed by atoms with van der Waals surface area (Å²) in [6.45, 7) is 2.29. The molecule has 0 spiro atoms. The molecule has 0 aliphatic rings. The summed E-state index contributed by atoms with van der Waals surface area (Å²) in [7, 11) is 0. The monoisotopic (exact) mass is 341 g/mol. The van der Waals surface area contributed by atoms with Crippen molar-refractivity contribution < 1.29 is 19.3 Å². The summed E-state index contributed by atoms with van der Waals surface area (Å²) >= 11 is 0. The minimum absolute atomic E-state index is 0.0312. The molecule has 0 aliphatic carbocycles. The molecule has 2 aromatic carbocycles. The van der Waals surface area contributed by atoms with Gasteiger partial charge in [-0.05, 0) is 48.5 Å². The first-order chi connectivity index (χ1) is 12.3. The van der Waals surface area contributed by atoms with E-state index < -0.39 is 0 Å². The van der Waals surface area contributed by atoms with Crippen molar-refractivity contribution in [2.75, 3.05) is 45.4 Å². The van der Waals surface area contributed by atoms with Gasteiger partial charge in [0, 0.05) is 16.8 Å². The highest BCUT2D eigenvalue weighted by atomic mass is 16.5. The average molecular weight is 341 g/mol. The maximum absolute atomic E-state index is 8.56. The van der Waals surface area contributed by atoms with E-state index in [-0.39, 0.29) is 6.61 Å². The molecule has 132 valence electrons. The van der Waals surface area contributed by atoms with Gasteiger partial charge in [-0.3, -0.25) is 0 Å². The van der Waals surface area contributed by atoms with Crippen LogP contribution in [0.3, 0.4) is 0 Å². The highest BCUT2D eigenvalue weighted by Gasteiger charge is 1.95.